The van der Waals surface area contributed by atoms with E-state index in [4.69, 9.17) is 29.9 Å². The number of hydrogen-bond donors (Lipinski definition) is 2. The first kappa shape index (κ1) is 21.7. The van der Waals surface area contributed by atoms with Crippen LogP contribution in [0.4, 0.5) is 5.82 Å². The molecule has 1 unspecified atom stereocenters. The van der Waals surface area contributed by atoms with Gasteiger partial charge in [-0.3, -0.25) is 0 Å². The Labute approximate surface area is 189 Å². The van der Waals surface area contributed by atoms with Crippen molar-refractivity contribution in [3.8, 4) is 17.1 Å². The van der Waals surface area contributed by atoms with Gasteiger partial charge < -0.3 is 29.4 Å². The number of anilines is 1. The lowest BCUT2D eigenvalue weighted by Gasteiger charge is -2.45. The topological polar surface area (TPSA) is 120 Å². The Bertz CT molecular complexity index is 1060. The van der Waals surface area contributed by atoms with E-state index in [1.807, 2.05) is 24.3 Å². The monoisotopic (exact) mass is 460 g/mol. The van der Waals surface area contributed by atoms with Crippen LogP contribution in [0, 0.1) is 0 Å². The van der Waals surface area contributed by atoms with E-state index in [9.17, 15) is 8.76 Å². The van der Waals surface area contributed by atoms with Gasteiger partial charge in [0.15, 0.2) is 28.5 Å². The molecule has 3 atom stereocenters. The molecule has 0 spiro atoms. The summed E-state index contributed by atoms with van der Waals surface area (Å²) >= 11 is -2.16. The molecular weight excluding hydrogens is 432 g/mol. The van der Waals surface area contributed by atoms with Gasteiger partial charge in [0.1, 0.15) is 17.0 Å². The van der Waals surface area contributed by atoms with E-state index in [0.29, 0.717) is 56.1 Å². The van der Waals surface area contributed by atoms with Crippen LogP contribution in [-0.2, 0) is 30.8 Å². The van der Waals surface area contributed by atoms with Gasteiger partial charge in [-0.15, -0.1) is 0 Å². The van der Waals surface area contributed by atoms with E-state index in [2.05, 4.69) is 11.8 Å². The van der Waals surface area contributed by atoms with E-state index >= 15 is 0 Å². The number of rotatable bonds is 4. The van der Waals surface area contributed by atoms with Gasteiger partial charge in [-0.2, -0.15) is 0 Å². The van der Waals surface area contributed by atoms with Gasteiger partial charge in [0.05, 0.1) is 44.1 Å². The van der Waals surface area contributed by atoms with Crippen molar-refractivity contribution in [3.05, 3.63) is 35.5 Å². The molecule has 1 aromatic carbocycles. The molecule has 10 heteroatoms. The largest absolute Gasteiger partial charge is 0.486 e. The Balaban J connectivity index is 1.64. The molecule has 0 radical (unpaired) electrons. The van der Waals surface area contributed by atoms with Crippen LogP contribution in [0.2, 0.25) is 0 Å². The van der Waals surface area contributed by atoms with E-state index in [-0.39, 0.29) is 12.1 Å². The molecule has 2 saturated heterocycles. The van der Waals surface area contributed by atoms with Crippen LogP contribution in [0.1, 0.15) is 32.0 Å². The van der Waals surface area contributed by atoms with Crippen molar-refractivity contribution >= 4 is 16.9 Å². The second kappa shape index (κ2) is 7.74. The number of nitrogens with zero attached hydrogens (tertiary/aromatic N) is 3. The van der Waals surface area contributed by atoms with Crippen LogP contribution in [0.25, 0.3) is 11.4 Å². The van der Waals surface area contributed by atoms with Gasteiger partial charge in [-0.25, -0.2) is 14.2 Å². The highest BCUT2D eigenvalue weighted by Crippen LogP contribution is 2.43. The van der Waals surface area contributed by atoms with Crippen molar-refractivity contribution in [2.24, 2.45) is 5.73 Å². The summed E-state index contributed by atoms with van der Waals surface area (Å²) in [5, 5.41) is 0. The van der Waals surface area contributed by atoms with Crippen LogP contribution in [0.3, 0.4) is 0 Å². The maximum Gasteiger partial charge on any atom is 0.185 e. The van der Waals surface area contributed by atoms with Gasteiger partial charge >= 0.3 is 0 Å². The maximum absolute atomic E-state index is 12.2. The first-order chi connectivity index (χ1) is 15.2. The van der Waals surface area contributed by atoms with E-state index in [0.717, 1.165) is 11.1 Å². The standard InChI is InChI=1S/C22H28N4O5S/c1-13-8-29-9-16-10-31-17-18(21(2,3)32(27)28)24-19(25-20(17)26(13)16)14-4-6-15(7-5-14)22(23)11-30-12-22/h4-7,13,16H,8-12,23H2,1-3H3,(H,27,28)/t13-,16+/m1/s1. The summed E-state index contributed by atoms with van der Waals surface area (Å²) in [4.78, 5) is 11.8. The van der Waals surface area contributed by atoms with Crippen molar-refractivity contribution in [2.45, 2.75) is 43.1 Å². The number of benzene rings is 1. The molecule has 3 aliphatic rings. The Kier molecular flexibility index (Phi) is 5.25. The molecule has 2 aromatic rings. The second-order valence-electron chi connectivity index (χ2n) is 9.29. The summed E-state index contributed by atoms with van der Waals surface area (Å²) in [6, 6.07) is 7.91. The van der Waals surface area contributed by atoms with Crippen molar-refractivity contribution in [1.82, 2.24) is 9.97 Å². The highest BCUT2D eigenvalue weighted by Gasteiger charge is 2.42. The highest BCUT2D eigenvalue weighted by atomic mass is 32.2. The normalized spacial score (nSPS) is 25.2. The quantitative estimate of drug-likeness (QED) is 0.658. The third-order valence-corrected chi connectivity index (χ3v) is 7.56. The van der Waals surface area contributed by atoms with Crippen molar-refractivity contribution < 1.29 is 23.0 Å². The SMILES string of the molecule is C[C@@H]1COC[C@H]2COc3c(nc(-c4ccc(C5(N)COC5)cc4)nc3C(C)(C)S(=O)O)N21. The molecule has 2 fully saturated rings. The van der Waals surface area contributed by atoms with Crippen molar-refractivity contribution in [3.63, 3.8) is 0 Å². The zero-order chi connectivity index (χ0) is 22.7. The lowest BCUT2D eigenvalue weighted by atomic mass is 9.89. The summed E-state index contributed by atoms with van der Waals surface area (Å²) in [5.41, 5.74) is 8.10. The summed E-state index contributed by atoms with van der Waals surface area (Å²) < 4.78 is 38.2. The molecule has 4 heterocycles. The zero-order valence-corrected chi connectivity index (χ0v) is 19.2. The van der Waals surface area contributed by atoms with Gasteiger partial charge in [0, 0.05) is 5.56 Å². The molecule has 32 heavy (non-hydrogen) atoms. The average Bonchev–Trinajstić information content (AvgIpc) is 2.76. The van der Waals surface area contributed by atoms with Gasteiger partial charge in [0.2, 0.25) is 0 Å². The predicted molar refractivity (Wildman–Crippen MR) is 120 cm³/mol. The van der Waals surface area contributed by atoms with E-state index in [1.165, 1.54) is 0 Å². The lowest BCUT2D eigenvalue weighted by molar-refractivity contribution is -0.0569. The molecular formula is C22H28N4O5S. The fraction of sp³-hybridized carbons (Fsp3) is 0.545. The van der Waals surface area contributed by atoms with Crippen LogP contribution in [-0.4, -0.2) is 63.8 Å². The van der Waals surface area contributed by atoms with Crippen LogP contribution in [0.15, 0.2) is 24.3 Å². The number of morpholine rings is 1. The third kappa shape index (κ3) is 3.41. The molecule has 0 bridgehead atoms. The van der Waals surface area contributed by atoms with E-state index < -0.39 is 21.4 Å². The summed E-state index contributed by atoms with van der Waals surface area (Å²) in [7, 11) is 0. The van der Waals surface area contributed by atoms with Crippen molar-refractivity contribution in [2.75, 3.05) is 37.9 Å². The molecule has 1 aromatic heterocycles. The highest BCUT2D eigenvalue weighted by molar-refractivity contribution is 7.80. The second-order valence-corrected chi connectivity index (χ2v) is 10.8. The summed E-state index contributed by atoms with van der Waals surface area (Å²) in [5.74, 6) is 1.58. The first-order valence-corrected chi connectivity index (χ1v) is 11.8. The Morgan fingerprint density at radius 1 is 1.16 bits per heavy atom. The molecule has 0 aliphatic carbocycles. The van der Waals surface area contributed by atoms with Gasteiger partial charge in [-0.1, -0.05) is 24.3 Å². The predicted octanol–water partition coefficient (Wildman–Crippen LogP) is 1.77. The number of ether oxygens (including phenoxy) is 3. The first-order valence-electron chi connectivity index (χ1n) is 10.7. The Hall–Kier alpha value is -2.11. The number of nitrogens with two attached hydrogens (primary N) is 1. The lowest BCUT2D eigenvalue weighted by Crippen LogP contribution is -2.56. The number of fused-ring (bicyclic) bond motifs is 3. The van der Waals surface area contributed by atoms with Crippen LogP contribution >= 0.6 is 0 Å². The Morgan fingerprint density at radius 3 is 2.50 bits per heavy atom. The molecule has 3 N–H and O–H groups in total. The number of hydrogen-bond acceptors (Lipinski definition) is 8. The van der Waals surface area contributed by atoms with Crippen LogP contribution in [0.5, 0.6) is 5.75 Å². The smallest absolute Gasteiger partial charge is 0.185 e. The molecule has 5 rings (SSSR count). The van der Waals surface area contributed by atoms with Gasteiger partial charge in [0.25, 0.3) is 0 Å². The summed E-state index contributed by atoms with van der Waals surface area (Å²) in [6.07, 6.45) is 0. The zero-order valence-electron chi connectivity index (χ0n) is 18.4. The maximum atomic E-state index is 12.2. The fourth-order valence-corrected chi connectivity index (χ4v) is 4.69. The fourth-order valence-electron chi connectivity index (χ4n) is 4.39. The Morgan fingerprint density at radius 2 is 1.88 bits per heavy atom. The average molecular weight is 461 g/mol. The summed E-state index contributed by atoms with van der Waals surface area (Å²) in [6.45, 7) is 7.98. The van der Waals surface area contributed by atoms with E-state index in [1.54, 1.807) is 13.8 Å². The molecule has 3 aliphatic heterocycles. The third-order valence-electron chi connectivity index (χ3n) is 6.49. The minimum Gasteiger partial charge on any atom is -0.486 e. The minimum absolute atomic E-state index is 0.0303. The molecule has 0 saturated carbocycles. The van der Waals surface area contributed by atoms with Crippen LogP contribution < -0.4 is 15.4 Å². The van der Waals surface area contributed by atoms with Gasteiger partial charge in [-0.05, 0) is 26.3 Å². The van der Waals surface area contributed by atoms with Crippen molar-refractivity contribution in [1.29, 1.82) is 0 Å². The molecule has 0 amide bonds. The minimum atomic E-state index is -2.16. The molecule has 172 valence electrons. The molecule has 9 nitrogen and oxygen atoms in total. The number of aromatic nitrogens is 2.